The van der Waals surface area contributed by atoms with Crippen molar-refractivity contribution in [1.82, 2.24) is 15.7 Å². The number of aromatic nitrogens is 2. The van der Waals surface area contributed by atoms with Gasteiger partial charge in [-0.3, -0.25) is 15.1 Å². The number of carbonyl (C=O) groups is 1. The SMILES string of the molecule is Cl.O=C(NO)c1ccc(-c2n[nH]c(-c3ccc(Cl)cc3)c2O)cc1. The largest absolute Gasteiger partial charge is 0.504 e. The van der Waals surface area contributed by atoms with E-state index in [4.69, 9.17) is 16.8 Å². The van der Waals surface area contributed by atoms with Crippen molar-refractivity contribution in [2.45, 2.75) is 0 Å². The Hall–Kier alpha value is -2.54. The molecule has 1 aromatic heterocycles. The zero-order valence-electron chi connectivity index (χ0n) is 12.2. The van der Waals surface area contributed by atoms with E-state index in [-0.39, 0.29) is 18.2 Å². The lowest BCUT2D eigenvalue weighted by Gasteiger charge is -2.02. The molecule has 1 amide bonds. The lowest BCUT2D eigenvalue weighted by atomic mass is 10.1. The predicted molar refractivity (Wildman–Crippen MR) is 92.6 cm³/mol. The minimum Gasteiger partial charge on any atom is -0.504 e. The van der Waals surface area contributed by atoms with E-state index in [2.05, 4.69) is 10.2 Å². The van der Waals surface area contributed by atoms with Crippen molar-refractivity contribution < 1.29 is 15.1 Å². The summed E-state index contributed by atoms with van der Waals surface area (Å²) < 4.78 is 0. The minimum absolute atomic E-state index is 0. The molecule has 0 bridgehead atoms. The first-order chi connectivity index (χ1) is 11.1. The van der Waals surface area contributed by atoms with Crippen molar-refractivity contribution >= 4 is 29.9 Å². The standard InChI is InChI=1S/C16H12ClN3O3.ClH/c17-12-7-5-10(6-8-12)14-15(21)13(18-19-14)9-1-3-11(4-2-9)16(22)20-23;/h1-8,21,23H,(H,18,19)(H,20,22);1H. The van der Waals surface area contributed by atoms with Gasteiger partial charge in [-0.2, -0.15) is 5.10 Å². The lowest BCUT2D eigenvalue weighted by Crippen LogP contribution is -2.18. The molecule has 0 saturated heterocycles. The maximum Gasteiger partial charge on any atom is 0.274 e. The highest BCUT2D eigenvalue weighted by Crippen LogP contribution is 2.36. The summed E-state index contributed by atoms with van der Waals surface area (Å²) >= 11 is 5.85. The molecule has 0 atom stereocenters. The second kappa shape index (κ2) is 7.35. The van der Waals surface area contributed by atoms with Crippen LogP contribution in [0, 0.1) is 0 Å². The van der Waals surface area contributed by atoms with Crippen molar-refractivity contribution in [1.29, 1.82) is 0 Å². The predicted octanol–water partition coefficient (Wildman–Crippen LogP) is 3.64. The average Bonchev–Trinajstić information content (AvgIpc) is 2.96. The number of benzene rings is 2. The highest BCUT2D eigenvalue weighted by molar-refractivity contribution is 6.30. The fourth-order valence-electron chi connectivity index (χ4n) is 2.20. The van der Waals surface area contributed by atoms with Gasteiger partial charge in [0.05, 0.1) is 0 Å². The van der Waals surface area contributed by atoms with Crippen LogP contribution in [0.25, 0.3) is 22.5 Å². The van der Waals surface area contributed by atoms with Crippen molar-refractivity contribution in [2.24, 2.45) is 0 Å². The van der Waals surface area contributed by atoms with E-state index < -0.39 is 5.91 Å². The van der Waals surface area contributed by atoms with E-state index >= 15 is 0 Å². The Balaban J connectivity index is 0.00000208. The van der Waals surface area contributed by atoms with E-state index in [0.29, 0.717) is 27.5 Å². The molecule has 4 N–H and O–H groups in total. The maximum atomic E-state index is 11.3. The second-order valence-corrected chi connectivity index (χ2v) is 5.26. The molecule has 0 radical (unpaired) electrons. The quantitative estimate of drug-likeness (QED) is 0.420. The molecule has 6 nitrogen and oxygen atoms in total. The average molecular weight is 366 g/mol. The van der Waals surface area contributed by atoms with Gasteiger partial charge in [0.2, 0.25) is 0 Å². The third kappa shape index (κ3) is 3.35. The molecule has 124 valence electrons. The second-order valence-electron chi connectivity index (χ2n) is 4.82. The molecule has 2 aromatic carbocycles. The Bertz CT molecular complexity index is 846. The molecule has 0 aliphatic rings. The van der Waals surface area contributed by atoms with Crippen LogP contribution in [-0.2, 0) is 0 Å². The summed E-state index contributed by atoms with van der Waals surface area (Å²) in [4.78, 5) is 11.3. The van der Waals surface area contributed by atoms with Gasteiger partial charge in [0.25, 0.3) is 5.91 Å². The zero-order valence-corrected chi connectivity index (χ0v) is 13.7. The molecule has 3 rings (SSSR count). The highest BCUT2D eigenvalue weighted by atomic mass is 35.5. The third-order valence-electron chi connectivity index (χ3n) is 3.40. The Kier molecular flexibility index (Phi) is 5.46. The van der Waals surface area contributed by atoms with E-state index in [9.17, 15) is 9.90 Å². The molecular weight excluding hydrogens is 353 g/mol. The number of hydrogen-bond acceptors (Lipinski definition) is 4. The van der Waals surface area contributed by atoms with Crippen molar-refractivity contribution in [3.05, 3.63) is 59.1 Å². The maximum absolute atomic E-state index is 11.3. The van der Waals surface area contributed by atoms with Gasteiger partial charge in [-0.1, -0.05) is 35.9 Å². The summed E-state index contributed by atoms with van der Waals surface area (Å²) in [7, 11) is 0. The van der Waals surface area contributed by atoms with Crippen LogP contribution < -0.4 is 5.48 Å². The summed E-state index contributed by atoms with van der Waals surface area (Å²) in [5.41, 5.74) is 4.09. The molecule has 8 heteroatoms. The van der Waals surface area contributed by atoms with Crippen LogP contribution >= 0.6 is 24.0 Å². The Labute approximate surface area is 148 Å². The fourth-order valence-corrected chi connectivity index (χ4v) is 2.33. The molecule has 0 spiro atoms. The number of H-pyrrole nitrogens is 1. The number of aromatic amines is 1. The molecule has 3 aromatic rings. The van der Waals surface area contributed by atoms with Crippen molar-refractivity contribution in [3.63, 3.8) is 0 Å². The summed E-state index contributed by atoms with van der Waals surface area (Å²) in [6.07, 6.45) is 0. The van der Waals surface area contributed by atoms with E-state index in [0.717, 1.165) is 5.56 Å². The first-order valence-corrected chi connectivity index (χ1v) is 7.06. The summed E-state index contributed by atoms with van der Waals surface area (Å²) in [6.45, 7) is 0. The van der Waals surface area contributed by atoms with Gasteiger partial charge < -0.3 is 5.11 Å². The number of carbonyl (C=O) groups excluding carboxylic acids is 1. The summed E-state index contributed by atoms with van der Waals surface area (Å²) in [5.74, 6) is -0.601. The number of halogens is 2. The zero-order chi connectivity index (χ0) is 16.4. The van der Waals surface area contributed by atoms with Gasteiger partial charge in [-0.25, -0.2) is 5.48 Å². The molecule has 1 heterocycles. The lowest BCUT2D eigenvalue weighted by molar-refractivity contribution is 0.0706. The normalized spacial score (nSPS) is 10.1. The van der Waals surface area contributed by atoms with Crippen LogP contribution in [0.3, 0.4) is 0 Å². The van der Waals surface area contributed by atoms with E-state index in [1.54, 1.807) is 41.9 Å². The van der Waals surface area contributed by atoms with Crippen LogP contribution in [0.5, 0.6) is 5.75 Å². The van der Waals surface area contributed by atoms with Crippen LogP contribution in [0.15, 0.2) is 48.5 Å². The molecule has 0 saturated carbocycles. The van der Waals surface area contributed by atoms with Gasteiger partial charge in [0, 0.05) is 21.7 Å². The molecular formula is C16H13Cl2N3O3. The van der Waals surface area contributed by atoms with E-state index in [1.807, 2.05) is 0 Å². The van der Waals surface area contributed by atoms with Crippen molar-refractivity contribution in [3.8, 4) is 28.3 Å². The molecule has 0 fully saturated rings. The van der Waals surface area contributed by atoms with Gasteiger partial charge in [-0.15, -0.1) is 12.4 Å². The van der Waals surface area contributed by atoms with Gasteiger partial charge in [0.1, 0.15) is 11.4 Å². The highest BCUT2D eigenvalue weighted by Gasteiger charge is 2.15. The Morgan fingerprint density at radius 2 is 1.62 bits per heavy atom. The minimum atomic E-state index is -0.607. The van der Waals surface area contributed by atoms with Crippen LogP contribution in [0.1, 0.15) is 10.4 Å². The van der Waals surface area contributed by atoms with Gasteiger partial charge in [-0.05, 0) is 24.3 Å². The summed E-state index contributed by atoms with van der Waals surface area (Å²) in [5, 5.41) is 26.5. The van der Waals surface area contributed by atoms with E-state index in [1.165, 1.54) is 12.1 Å². The third-order valence-corrected chi connectivity index (χ3v) is 3.65. The van der Waals surface area contributed by atoms with Gasteiger partial charge in [0.15, 0.2) is 5.75 Å². The van der Waals surface area contributed by atoms with Crippen LogP contribution in [0.2, 0.25) is 5.02 Å². The van der Waals surface area contributed by atoms with Gasteiger partial charge >= 0.3 is 0 Å². The van der Waals surface area contributed by atoms with Crippen molar-refractivity contribution in [2.75, 3.05) is 0 Å². The molecule has 0 aliphatic carbocycles. The molecule has 0 unspecified atom stereocenters. The van der Waals surface area contributed by atoms with Crippen LogP contribution in [-0.4, -0.2) is 26.4 Å². The Morgan fingerprint density at radius 1 is 1.04 bits per heavy atom. The number of amides is 1. The fraction of sp³-hybridized carbons (Fsp3) is 0. The monoisotopic (exact) mass is 365 g/mol. The first-order valence-electron chi connectivity index (χ1n) is 6.68. The van der Waals surface area contributed by atoms with Crippen LogP contribution in [0.4, 0.5) is 0 Å². The topological polar surface area (TPSA) is 98.2 Å². The number of aromatic hydroxyl groups is 1. The number of nitrogens with zero attached hydrogens (tertiary/aromatic N) is 1. The number of hydroxylamine groups is 1. The number of rotatable bonds is 3. The molecule has 0 aliphatic heterocycles. The first kappa shape index (κ1) is 17.8. The molecule has 24 heavy (non-hydrogen) atoms. The smallest absolute Gasteiger partial charge is 0.274 e. The number of nitrogens with one attached hydrogen (secondary N) is 2. The Morgan fingerprint density at radius 3 is 2.21 bits per heavy atom. The summed E-state index contributed by atoms with van der Waals surface area (Å²) in [6, 6.07) is 13.3. The number of hydrogen-bond donors (Lipinski definition) is 4.